The van der Waals surface area contributed by atoms with Gasteiger partial charge in [0, 0.05) is 11.4 Å². The molecule has 0 radical (unpaired) electrons. The summed E-state index contributed by atoms with van der Waals surface area (Å²) in [6, 6.07) is 0. The fourth-order valence-corrected chi connectivity index (χ4v) is 3.95. The summed E-state index contributed by atoms with van der Waals surface area (Å²) in [5.41, 5.74) is 1.68. The van der Waals surface area contributed by atoms with Gasteiger partial charge >= 0.3 is 0 Å². The Labute approximate surface area is 130 Å². The lowest BCUT2D eigenvalue weighted by atomic mass is 9.80. The highest BCUT2D eigenvalue weighted by Crippen LogP contribution is 2.34. The summed E-state index contributed by atoms with van der Waals surface area (Å²) in [5, 5.41) is 4.81. The van der Waals surface area contributed by atoms with Crippen molar-refractivity contribution in [3.63, 3.8) is 0 Å². The SMILES string of the molecule is Cc1sc2ncnc(NCC3(C)CCN(C)CC3)c2c1C. The molecule has 0 spiro atoms. The Morgan fingerprint density at radius 2 is 2.00 bits per heavy atom. The van der Waals surface area contributed by atoms with Crippen molar-refractivity contribution in [1.29, 1.82) is 0 Å². The highest BCUT2D eigenvalue weighted by atomic mass is 32.1. The quantitative estimate of drug-likeness (QED) is 0.943. The summed E-state index contributed by atoms with van der Waals surface area (Å²) in [6.45, 7) is 10.1. The molecule has 2 aromatic rings. The minimum atomic E-state index is 0.364. The van der Waals surface area contributed by atoms with E-state index in [0.717, 1.165) is 17.2 Å². The Morgan fingerprint density at radius 1 is 1.29 bits per heavy atom. The molecule has 0 bridgehead atoms. The van der Waals surface area contributed by atoms with Gasteiger partial charge < -0.3 is 10.2 Å². The van der Waals surface area contributed by atoms with E-state index in [9.17, 15) is 0 Å². The molecule has 5 heteroatoms. The van der Waals surface area contributed by atoms with E-state index < -0.39 is 0 Å². The molecule has 1 saturated heterocycles. The van der Waals surface area contributed by atoms with Gasteiger partial charge in [0.05, 0.1) is 5.39 Å². The number of thiophene rings is 1. The second kappa shape index (κ2) is 5.54. The van der Waals surface area contributed by atoms with E-state index in [2.05, 4.69) is 48.0 Å². The van der Waals surface area contributed by atoms with Crippen LogP contribution in [-0.2, 0) is 0 Å². The van der Waals surface area contributed by atoms with E-state index in [4.69, 9.17) is 0 Å². The monoisotopic (exact) mass is 304 g/mol. The number of aryl methyl sites for hydroxylation is 2. The number of nitrogens with zero attached hydrogens (tertiary/aromatic N) is 3. The van der Waals surface area contributed by atoms with E-state index in [0.29, 0.717) is 5.41 Å². The molecule has 1 N–H and O–H groups in total. The summed E-state index contributed by atoms with van der Waals surface area (Å²) in [5.74, 6) is 1.00. The predicted octanol–water partition coefficient (Wildman–Crippen LogP) is 3.45. The van der Waals surface area contributed by atoms with Crippen LogP contribution in [0, 0.1) is 19.3 Å². The van der Waals surface area contributed by atoms with Crippen molar-refractivity contribution in [2.24, 2.45) is 5.41 Å². The summed E-state index contributed by atoms with van der Waals surface area (Å²) in [4.78, 5) is 13.7. The first-order chi connectivity index (χ1) is 9.98. The first-order valence-electron chi connectivity index (χ1n) is 7.62. The molecule has 0 aromatic carbocycles. The number of rotatable bonds is 3. The Hall–Kier alpha value is -1.20. The van der Waals surface area contributed by atoms with Crippen LogP contribution in [0.25, 0.3) is 10.2 Å². The summed E-state index contributed by atoms with van der Waals surface area (Å²) in [7, 11) is 2.21. The zero-order valence-corrected chi connectivity index (χ0v) is 14.2. The lowest BCUT2D eigenvalue weighted by Gasteiger charge is -2.38. The van der Waals surface area contributed by atoms with Crippen molar-refractivity contribution < 1.29 is 0 Å². The second-order valence-electron chi connectivity index (χ2n) is 6.65. The lowest BCUT2D eigenvalue weighted by molar-refractivity contribution is 0.150. The zero-order valence-electron chi connectivity index (χ0n) is 13.4. The average molecular weight is 304 g/mol. The number of aromatic nitrogens is 2. The molecule has 3 rings (SSSR count). The van der Waals surface area contributed by atoms with Gasteiger partial charge in [0.25, 0.3) is 0 Å². The van der Waals surface area contributed by atoms with Crippen molar-refractivity contribution in [3.05, 3.63) is 16.8 Å². The van der Waals surface area contributed by atoms with Gasteiger partial charge in [-0.1, -0.05) is 6.92 Å². The molecule has 114 valence electrons. The molecule has 0 unspecified atom stereocenters. The molecule has 0 amide bonds. The first kappa shape index (κ1) is 14.7. The van der Waals surface area contributed by atoms with Crippen molar-refractivity contribution in [3.8, 4) is 0 Å². The Morgan fingerprint density at radius 3 is 2.71 bits per heavy atom. The van der Waals surface area contributed by atoms with Crippen molar-refractivity contribution >= 4 is 27.4 Å². The van der Waals surface area contributed by atoms with Gasteiger partial charge in [-0.05, 0) is 57.8 Å². The van der Waals surface area contributed by atoms with E-state index in [1.54, 1.807) is 17.7 Å². The van der Waals surface area contributed by atoms with Crippen LogP contribution in [0.15, 0.2) is 6.33 Å². The maximum absolute atomic E-state index is 4.49. The maximum Gasteiger partial charge on any atom is 0.138 e. The van der Waals surface area contributed by atoms with Crippen molar-refractivity contribution in [2.75, 3.05) is 32.0 Å². The minimum Gasteiger partial charge on any atom is -0.369 e. The van der Waals surface area contributed by atoms with Crippen LogP contribution in [-0.4, -0.2) is 41.5 Å². The second-order valence-corrected chi connectivity index (χ2v) is 7.86. The molecule has 1 fully saturated rings. The third-order valence-electron chi connectivity index (χ3n) is 4.84. The molecular formula is C16H24N4S. The smallest absolute Gasteiger partial charge is 0.138 e. The van der Waals surface area contributed by atoms with Gasteiger partial charge in [-0.2, -0.15) is 0 Å². The predicted molar refractivity (Wildman–Crippen MR) is 90.2 cm³/mol. The number of hydrogen-bond donors (Lipinski definition) is 1. The fraction of sp³-hybridized carbons (Fsp3) is 0.625. The number of fused-ring (bicyclic) bond motifs is 1. The number of hydrogen-bond acceptors (Lipinski definition) is 5. The molecular weight excluding hydrogens is 280 g/mol. The van der Waals surface area contributed by atoms with Crippen molar-refractivity contribution in [1.82, 2.24) is 14.9 Å². The Bertz CT molecular complexity index is 641. The first-order valence-corrected chi connectivity index (χ1v) is 8.43. The van der Waals surface area contributed by atoms with Gasteiger partial charge in [-0.15, -0.1) is 11.3 Å². The van der Waals surface area contributed by atoms with Gasteiger partial charge in [-0.3, -0.25) is 0 Å². The van der Waals surface area contributed by atoms with E-state index in [1.165, 1.54) is 41.8 Å². The number of likely N-dealkylation sites (tertiary alicyclic amines) is 1. The molecule has 0 saturated carbocycles. The van der Waals surface area contributed by atoms with Crippen LogP contribution in [0.3, 0.4) is 0 Å². The number of anilines is 1. The highest BCUT2D eigenvalue weighted by Gasteiger charge is 2.29. The zero-order chi connectivity index (χ0) is 15.0. The molecule has 21 heavy (non-hydrogen) atoms. The van der Waals surface area contributed by atoms with E-state index in [1.807, 2.05) is 0 Å². The highest BCUT2D eigenvalue weighted by molar-refractivity contribution is 7.18. The maximum atomic E-state index is 4.49. The molecule has 4 nitrogen and oxygen atoms in total. The minimum absolute atomic E-state index is 0.364. The number of piperidine rings is 1. The molecule has 2 aromatic heterocycles. The van der Waals surface area contributed by atoms with Crippen LogP contribution in [0.1, 0.15) is 30.2 Å². The van der Waals surface area contributed by atoms with Gasteiger partial charge in [-0.25, -0.2) is 9.97 Å². The third-order valence-corrected chi connectivity index (χ3v) is 5.96. The van der Waals surface area contributed by atoms with Crippen LogP contribution in [0.5, 0.6) is 0 Å². The van der Waals surface area contributed by atoms with Gasteiger partial charge in [0.1, 0.15) is 17.0 Å². The molecule has 0 atom stereocenters. The van der Waals surface area contributed by atoms with Crippen LogP contribution in [0.2, 0.25) is 0 Å². The Balaban J connectivity index is 1.79. The molecule has 3 heterocycles. The van der Waals surface area contributed by atoms with Crippen LogP contribution < -0.4 is 5.32 Å². The standard InChI is InChI=1S/C16H24N4S/c1-11-12(2)21-15-13(11)14(18-10-19-15)17-9-16(3)5-7-20(4)8-6-16/h10H,5-9H2,1-4H3,(H,17,18,19). The van der Waals surface area contributed by atoms with Crippen LogP contribution >= 0.6 is 11.3 Å². The summed E-state index contributed by atoms with van der Waals surface area (Å²) >= 11 is 1.76. The molecule has 1 aliphatic rings. The average Bonchev–Trinajstić information content (AvgIpc) is 2.76. The molecule has 1 aliphatic heterocycles. The topological polar surface area (TPSA) is 41.1 Å². The lowest BCUT2D eigenvalue weighted by Crippen LogP contribution is -2.40. The van der Waals surface area contributed by atoms with Gasteiger partial charge in [0.2, 0.25) is 0 Å². The fourth-order valence-electron chi connectivity index (χ4n) is 2.95. The third kappa shape index (κ3) is 2.90. The summed E-state index contributed by atoms with van der Waals surface area (Å²) < 4.78 is 0. The largest absolute Gasteiger partial charge is 0.369 e. The summed E-state index contributed by atoms with van der Waals surface area (Å²) in [6.07, 6.45) is 4.16. The van der Waals surface area contributed by atoms with E-state index >= 15 is 0 Å². The van der Waals surface area contributed by atoms with Crippen molar-refractivity contribution in [2.45, 2.75) is 33.6 Å². The normalized spacial score (nSPS) is 19.0. The van der Waals surface area contributed by atoms with Crippen LogP contribution in [0.4, 0.5) is 5.82 Å². The molecule has 0 aliphatic carbocycles. The van der Waals surface area contributed by atoms with E-state index in [-0.39, 0.29) is 0 Å². The Kier molecular flexibility index (Phi) is 3.88. The number of nitrogens with one attached hydrogen (secondary N) is 1. The van der Waals surface area contributed by atoms with Gasteiger partial charge in [0.15, 0.2) is 0 Å².